The van der Waals surface area contributed by atoms with Crippen molar-refractivity contribution >= 4 is 10.0 Å². The summed E-state index contributed by atoms with van der Waals surface area (Å²) in [6.45, 7) is 8.87. The Balaban J connectivity index is 3.19. The van der Waals surface area contributed by atoms with Crippen LogP contribution in [0.15, 0.2) is 23.1 Å². The molecule has 0 bridgehead atoms. The molecule has 0 fully saturated rings. The molecule has 5 nitrogen and oxygen atoms in total. The van der Waals surface area contributed by atoms with E-state index in [1.807, 2.05) is 13.0 Å². The molecule has 0 atom stereocenters. The topological polar surface area (TPSA) is 67.4 Å². The maximum absolute atomic E-state index is 12.4. The highest BCUT2D eigenvalue weighted by Crippen LogP contribution is 2.26. The van der Waals surface area contributed by atoms with E-state index in [0.29, 0.717) is 12.3 Å². The molecular weight excluding hydrogens is 276 g/mol. The fourth-order valence-corrected chi connectivity index (χ4v) is 3.41. The minimum absolute atomic E-state index is 0.172. The Hall–Kier alpha value is -1.11. The van der Waals surface area contributed by atoms with Crippen LogP contribution in [0.1, 0.15) is 33.3 Å². The Kier molecular flexibility index (Phi) is 5.56. The molecule has 2 N–H and O–H groups in total. The maximum Gasteiger partial charge on any atom is 0.244 e. The summed E-state index contributed by atoms with van der Waals surface area (Å²) < 4.78 is 32.7. The largest absolute Gasteiger partial charge is 0.495 e. The molecule has 0 aliphatic heterocycles. The third-order valence-corrected chi connectivity index (χ3v) is 4.32. The smallest absolute Gasteiger partial charge is 0.244 e. The summed E-state index contributed by atoms with van der Waals surface area (Å²) in [7, 11) is -2.14. The maximum atomic E-state index is 12.4. The van der Waals surface area contributed by atoms with Gasteiger partial charge < -0.3 is 10.1 Å². The van der Waals surface area contributed by atoms with Gasteiger partial charge in [0.25, 0.3) is 0 Å². The van der Waals surface area contributed by atoms with Crippen molar-refractivity contribution in [2.45, 2.75) is 44.7 Å². The van der Waals surface area contributed by atoms with Gasteiger partial charge in [-0.15, -0.1) is 0 Å². The van der Waals surface area contributed by atoms with Gasteiger partial charge in [-0.1, -0.05) is 13.0 Å². The van der Waals surface area contributed by atoms with Crippen molar-refractivity contribution in [3.8, 4) is 5.75 Å². The Morgan fingerprint density at radius 2 is 1.90 bits per heavy atom. The molecule has 0 aromatic heterocycles. The summed E-state index contributed by atoms with van der Waals surface area (Å²) in [5.74, 6) is 0.349. The lowest BCUT2D eigenvalue weighted by atomic mass is 10.1. The zero-order valence-corrected chi connectivity index (χ0v) is 13.6. The highest BCUT2D eigenvalue weighted by atomic mass is 32.2. The molecule has 6 heteroatoms. The van der Waals surface area contributed by atoms with Crippen LogP contribution in [0.2, 0.25) is 0 Å². The number of rotatable bonds is 6. The van der Waals surface area contributed by atoms with Crippen LogP contribution in [-0.4, -0.2) is 27.6 Å². The van der Waals surface area contributed by atoms with Crippen molar-refractivity contribution in [2.24, 2.45) is 0 Å². The van der Waals surface area contributed by atoms with Crippen LogP contribution in [0.5, 0.6) is 5.75 Å². The minimum Gasteiger partial charge on any atom is -0.495 e. The van der Waals surface area contributed by atoms with Crippen molar-refractivity contribution in [2.75, 3.05) is 13.7 Å². The molecule has 0 saturated carbocycles. The third kappa shape index (κ3) is 4.77. The monoisotopic (exact) mass is 300 g/mol. The highest BCUT2D eigenvalue weighted by Gasteiger charge is 2.25. The van der Waals surface area contributed by atoms with Crippen LogP contribution < -0.4 is 14.8 Å². The molecule has 114 valence electrons. The first-order valence-electron chi connectivity index (χ1n) is 6.61. The first kappa shape index (κ1) is 16.9. The first-order valence-corrected chi connectivity index (χ1v) is 8.09. The number of benzene rings is 1. The molecule has 0 aliphatic rings. The number of ether oxygens (including phenoxy) is 1. The summed E-state index contributed by atoms with van der Waals surface area (Å²) in [5.41, 5.74) is 0.364. The van der Waals surface area contributed by atoms with E-state index in [2.05, 4.69) is 10.0 Å². The fraction of sp³-hybridized carbons (Fsp3) is 0.571. The van der Waals surface area contributed by atoms with Gasteiger partial charge in [-0.3, -0.25) is 0 Å². The molecule has 0 aliphatic carbocycles. The standard InChI is InChI=1S/C14H24N2O3S/c1-6-15-10-11-7-8-12(19-5)13(9-11)20(17,18)16-14(2,3)4/h7-9,15-16H,6,10H2,1-5H3. The molecule has 1 rings (SSSR count). The van der Waals surface area contributed by atoms with Crippen molar-refractivity contribution < 1.29 is 13.2 Å². The van der Waals surface area contributed by atoms with Gasteiger partial charge in [0.2, 0.25) is 10.0 Å². The molecule has 1 aromatic carbocycles. The lowest BCUT2D eigenvalue weighted by molar-refractivity contribution is 0.400. The van der Waals surface area contributed by atoms with Crippen LogP contribution >= 0.6 is 0 Å². The first-order chi connectivity index (χ1) is 9.19. The number of hydrogen-bond acceptors (Lipinski definition) is 4. The predicted molar refractivity (Wildman–Crippen MR) is 80.4 cm³/mol. The van der Waals surface area contributed by atoms with Gasteiger partial charge in [0.05, 0.1) is 7.11 Å². The Labute approximate surface area is 121 Å². The van der Waals surface area contributed by atoms with E-state index in [1.54, 1.807) is 32.9 Å². The quantitative estimate of drug-likeness (QED) is 0.842. The van der Waals surface area contributed by atoms with Crippen molar-refractivity contribution in [1.29, 1.82) is 0 Å². The number of hydrogen-bond donors (Lipinski definition) is 2. The molecule has 0 heterocycles. The molecule has 0 amide bonds. The van der Waals surface area contributed by atoms with Crippen LogP contribution in [0.4, 0.5) is 0 Å². The summed E-state index contributed by atoms with van der Waals surface area (Å²) in [4.78, 5) is 0.172. The summed E-state index contributed by atoms with van der Waals surface area (Å²) >= 11 is 0. The molecule has 0 unspecified atom stereocenters. The average Bonchev–Trinajstić information content (AvgIpc) is 2.33. The normalized spacial score (nSPS) is 12.4. The van der Waals surface area contributed by atoms with Crippen LogP contribution in [0.3, 0.4) is 0 Å². The predicted octanol–water partition coefficient (Wildman–Crippen LogP) is 1.88. The lowest BCUT2D eigenvalue weighted by Crippen LogP contribution is -2.40. The van der Waals surface area contributed by atoms with Crippen LogP contribution in [0, 0.1) is 0 Å². The lowest BCUT2D eigenvalue weighted by Gasteiger charge is -2.21. The molecule has 1 aromatic rings. The Morgan fingerprint density at radius 3 is 2.40 bits per heavy atom. The highest BCUT2D eigenvalue weighted by molar-refractivity contribution is 7.89. The zero-order valence-electron chi connectivity index (χ0n) is 12.8. The van der Waals surface area contributed by atoms with E-state index in [9.17, 15) is 8.42 Å². The van der Waals surface area contributed by atoms with Crippen LogP contribution in [-0.2, 0) is 16.6 Å². The second-order valence-electron chi connectivity index (χ2n) is 5.62. The molecule has 0 saturated heterocycles. The van der Waals surface area contributed by atoms with E-state index >= 15 is 0 Å². The molecule has 0 spiro atoms. The van der Waals surface area contributed by atoms with E-state index in [1.165, 1.54) is 7.11 Å². The van der Waals surface area contributed by atoms with E-state index in [-0.39, 0.29) is 4.90 Å². The average molecular weight is 300 g/mol. The summed E-state index contributed by atoms with van der Waals surface area (Å²) in [6.07, 6.45) is 0. The zero-order chi connectivity index (χ0) is 15.4. The SMILES string of the molecule is CCNCc1ccc(OC)c(S(=O)(=O)NC(C)(C)C)c1. The van der Waals surface area contributed by atoms with Crippen molar-refractivity contribution in [1.82, 2.24) is 10.0 Å². The summed E-state index contributed by atoms with van der Waals surface area (Å²) in [5, 5.41) is 3.17. The van der Waals surface area contributed by atoms with Gasteiger partial charge in [0.15, 0.2) is 0 Å². The van der Waals surface area contributed by atoms with E-state index < -0.39 is 15.6 Å². The Bertz CT molecular complexity index is 548. The van der Waals surface area contributed by atoms with Gasteiger partial charge >= 0.3 is 0 Å². The third-order valence-electron chi connectivity index (χ3n) is 2.54. The molecular formula is C14H24N2O3S. The summed E-state index contributed by atoms with van der Waals surface area (Å²) in [6, 6.07) is 5.19. The Morgan fingerprint density at radius 1 is 1.25 bits per heavy atom. The van der Waals surface area contributed by atoms with Gasteiger partial charge in [-0.05, 0) is 45.0 Å². The van der Waals surface area contributed by atoms with Crippen molar-refractivity contribution in [3.05, 3.63) is 23.8 Å². The number of methoxy groups -OCH3 is 1. The van der Waals surface area contributed by atoms with E-state index in [0.717, 1.165) is 12.1 Å². The van der Waals surface area contributed by atoms with Gasteiger partial charge in [-0.25, -0.2) is 13.1 Å². The second kappa shape index (κ2) is 6.56. The van der Waals surface area contributed by atoms with Gasteiger partial charge in [-0.2, -0.15) is 0 Å². The fourth-order valence-electron chi connectivity index (χ4n) is 1.77. The van der Waals surface area contributed by atoms with E-state index in [4.69, 9.17) is 4.74 Å². The molecule has 0 radical (unpaired) electrons. The van der Waals surface area contributed by atoms with Gasteiger partial charge in [0.1, 0.15) is 10.6 Å². The number of nitrogens with one attached hydrogen (secondary N) is 2. The number of sulfonamides is 1. The van der Waals surface area contributed by atoms with Crippen LogP contribution in [0.25, 0.3) is 0 Å². The minimum atomic E-state index is -3.61. The van der Waals surface area contributed by atoms with Gasteiger partial charge in [0, 0.05) is 12.1 Å². The van der Waals surface area contributed by atoms with Crippen molar-refractivity contribution in [3.63, 3.8) is 0 Å². The molecule has 20 heavy (non-hydrogen) atoms. The second-order valence-corrected chi connectivity index (χ2v) is 7.27.